The van der Waals surface area contributed by atoms with Crippen LogP contribution in [-0.4, -0.2) is 11.1 Å². The van der Waals surface area contributed by atoms with E-state index in [1.807, 2.05) is 36.4 Å². The summed E-state index contributed by atoms with van der Waals surface area (Å²) in [7, 11) is 0. The van der Waals surface area contributed by atoms with E-state index in [0.717, 1.165) is 18.4 Å². The van der Waals surface area contributed by atoms with Crippen LogP contribution in [-0.2, 0) is 11.2 Å². The number of carboxylic acids is 1. The van der Waals surface area contributed by atoms with E-state index in [4.69, 9.17) is 5.11 Å². The maximum atomic E-state index is 10.9. The van der Waals surface area contributed by atoms with E-state index in [0.29, 0.717) is 0 Å². The van der Waals surface area contributed by atoms with Gasteiger partial charge in [-0.1, -0.05) is 74.5 Å². The molecule has 2 aromatic carbocycles. The van der Waals surface area contributed by atoms with Crippen molar-refractivity contribution in [2.24, 2.45) is 0 Å². The van der Waals surface area contributed by atoms with Gasteiger partial charge >= 0.3 is 5.97 Å². The minimum atomic E-state index is -0.993. The second-order valence-corrected chi connectivity index (χ2v) is 5.15. The fourth-order valence-corrected chi connectivity index (χ4v) is 2.44. The lowest BCUT2D eigenvalue weighted by molar-refractivity contribution is -0.132. The first-order valence-corrected chi connectivity index (χ1v) is 7.41. The highest BCUT2D eigenvalue weighted by atomic mass is 16.4. The summed E-state index contributed by atoms with van der Waals surface area (Å²) in [5.41, 5.74) is 4.76. The summed E-state index contributed by atoms with van der Waals surface area (Å²) in [6.07, 6.45) is 5.38. The second-order valence-electron chi connectivity index (χ2n) is 5.15. The number of benzene rings is 2. The van der Waals surface area contributed by atoms with Crippen molar-refractivity contribution in [1.82, 2.24) is 0 Å². The lowest BCUT2D eigenvalue weighted by atomic mass is 9.92. The van der Waals surface area contributed by atoms with Crippen LogP contribution >= 0.6 is 0 Å². The Hall–Kier alpha value is -2.61. The summed E-state index contributed by atoms with van der Waals surface area (Å²) in [5.74, 6) is -0.993. The smallest absolute Gasteiger partial charge is 0.335 e. The van der Waals surface area contributed by atoms with E-state index >= 15 is 0 Å². The Morgan fingerprint density at radius 2 is 1.86 bits per heavy atom. The molecule has 2 nitrogen and oxygen atoms in total. The van der Waals surface area contributed by atoms with Gasteiger partial charge < -0.3 is 5.11 Å². The van der Waals surface area contributed by atoms with Gasteiger partial charge in [0, 0.05) is 0 Å². The Bertz CT molecular complexity index is 697. The zero-order valence-electron chi connectivity index (χ0n) is 12.8. The van der Waals surface area contributed by atoms with Crippen molar-refractivity contribution in [2.75, 3.05) is 0 Å². The SMILES string of the molecule is C=C(/C=C\c1cccc(-c2ccccc2)c1CCC)C(=O)O. The van der Waals surface area contributed by atoms with Gasteiger partial charge in [-0.2, -0.15) is 0 Å². The Labute approximate surface area is 131 Å². The summed E-state index contributed by atoms with van der Waals surface area (Å²) >= 11 is 0. The molecule has 0 spiro atoms. The number of carboxylic acid groups (broad SMARTS) is 1. The standard InChI is InChI=1S/C20H20O2/c1-3-8-18-17(14-13-15(2)20(21)22)11-7-12-19(18)16-9-5-4-6-10-16/h4-7,9-14H,2-3,8H2,1H3,(H,21,22)/b14-13-. The molecule has 2 rings (SSSR count). The van der Waals surface area contributed by atoms with Crippen molar-refractivity contribution in [3.63, 3.8) is 0 Å². The molecule has 0 saturated heterocycles. The Morgan fingerprint density at radius 1 is 1.14 bits per heavy atom. The van der Waals surface area contributed by atoms with Crippen molar-refractivity contribution in [1.29, 1.82) is 0 Å². The topological polar surface area (TPSA) is 37.3 Å². The van der Waals surface area contributed by atoms with Gasteiger partial charge in [0.05, 0.1) is 5.57 Å². The molecule has 0 aliphatic heterocycles. The Morgan fingerprint density at radius 3 is 2.50 bits per heavy atom. The van der Waals surface area contributed by atoms with E-state index in [-0.39, 0.29) is 5.57 Å². The molecule has 0 aliphatic rings. The third-order valence-electron chi connectivity index (χ3n) is 3.54. The van der Waals surface area contributed by atoms with Crippen LogP contribution in [0.15, 0.2) is 66.8 Å². The van der Waals surface area contributed by atoms with Crippen LogP contribution in [0.5, 0.6) is 0 Å². The van der Waals surface area contributed by atoms with E-state index < -0.39 is 5.97 Å². The molecule has 0 aliphatic carbocycles. The van der Waals surface area contributed by atoms with Crippen molar-refractivity contribution < 1.29 is 9.90 Å². The number of aliphatic carboxylic acids is 1. The van der Waals surface area contributed by atoms with Gasteiger partial charge in [0.15, 0.2) is 0 Å². The normalized spacial score (nSPS) is 10.8. The summed E-state index contributed by atoms with van der Waals surface area (Å²) in [4.78, 5) is 10.9. The minimum Gasteiger partial charge on any atom is -0.478 e. The van der Waals surface area contributed by atoms with Crippen molar-refractivity contribution in [3.8, 4) is 11.1 Å². The van der Waals surface area contributed by atoms with E-state index in [1.165, 1.54) is 16.7 Å². The molecule has 0 radical (unpaired) electrons. The largest absolute Gasteiger partial charge is 0.478 e. The quantitative estimate of drug-likeness (QED) is 0.603. The molecule has 1 N–H and O–H groups in total. The molecular formula is C20H20O2. The highest BCUT2D eigenvalue weighted by Gasteiger charge is 2.08. The third kappa shape index (κ3) is 3.73. The maximum Gasteiger partial charge on any atom is 0.335 e. The summed E-state index contributed by atoms with van der Waals surface area (Å²) in [6.45, 7) is 5.68. The number of rotatable bonds is 6. The zero-order valence-corrected chi connectivity index (χ0v) is 12.8. The minimum absolute atomic E-state index is 0.0903. The number of hydrogen-bond donors (Lipinski definition) is 1. The van der Waals surface area contributed by atoms with E-state index in [2.05, 4.69) is 31.7 Å². The lowest BCUT2D eigenvalue weighted by Crippen LogP contribution is -1.96. The molecule has 0 amide bonds. The van der Waals surface area contributed by atoms with Crippen molar-refractivity contribution >= 4 is 12.0 Å². The van der Waals surface area contributed by atoms with Crippen molar-refractivity contribution in [2.45, 2.75) is 19.8 Å². The number of carbonyl (C=O) groups is 1. The highest BCUT2D eigenvalue weighted by molar-refractivity contribution is 5.90. The third-order valence-corrected chi connectivity index (χ3v) is 3.54. The van der Waals surface area contributed by atoms with E-state index in [1.54, 1.807) is 6.08 Å². The number of hydrogen-bond acceptors (Lipinski definition) is 1. The Balaban J connectivity index is 2.47. The maximum absolute atomic E-state index is 10.9. The van der Waals surface area contributed by atoms with Gasteiger partial charge in [0.25, 0.3) is 0 Å². The van der Waals surface area contributed by atoms with Gasteiger partial charge in [0.2, 0.25) is 0 Å². The molecule has 22 heavy (non-hydrogen) atoms. The molecule has 2 heteroatoms. The molecule has 0 atom stereocenters. The average Bonchev–Trinajstić information content (AvgIpc) is 2.54. The lowest BCUT2D eigenvalue weighted by Gasteiger charge is -2.12. The summed E-state index contributed by atoms with van der Waals surface area (Å²) < 4.78 is 0. The average molecular weight is 292 g/mol. The van der Waals surface area contributed by atoms with Crippen LogP contribution in [0.2, 0.25) is 0 Å². The molecule has 2 aromatic rings. The molecule has 0 heterocycles. The van der Waals surface area contributed by atoms with Crippen LogP contribution < -0.4 is 0 Å². The molecule has 0 fully saturated rings. The molecule has 0 bridgehead atoms. The molecule has 0 aromatic heterocycles. The predicted molar refractivity (Wildman–Crippen MR) is 91.7 cm³/mol. The first-order valence-electron chi connectivity index (χ1n) is 7.41. The Kier molecular flexibility index (Phi) is 5.31. The van der Waals surface area contributed by atoms with Gasteiger partial charge in [-0.15, -0.1) is 0 Å². The first kappa shape index (κ1) is 15.8. The fraction of sp³-hybridized carbons (Fsp3) is 0.150. The van der Waals surface area contributed by atoms with Gasteiger partial charge in [-0.05, 0) is 34.8 Å². The van der Waals surface area contributed by atoms with Crippen LogP contribution in [0.1, 0.15) is 24.5 Å². The van der Waals surface area contributed by atoms with Gasteiger partial charge in [-0.3, -0.25) is 0 Å². The molecular weight excluding hydrogens is 272 g/mol. The van der Waals surface area contributed by atoms with Crippen LogP contribution in [0.25, 0.3) is 17.2 Å². The second kappa shape index (κ2) is 7.41. The van der Waals surface area contributed by atoms with Crippen LogP contribution in [0, 0.1) is 0 Å². The monoisotopic (exact) mass is 292 g/mol. The molecule has 0 unspecified atom stereocenters. The van der Waals surface area contributed by atoms with Crippen LogP contribution in [0.4, 0.5) is 0 Å². The zero-order chi connectivity index (χ0) is 15.9. The van der Waals surface area contributed by atoms with Crippen molar-refractivity contribution in [3.05, 3.63) is 77.9 Å². The highest BCUT2D eigenvalue weighted by Crippen LogP contribution is 2.28. The fourth-order valence-electron chi connectivity index (χ4n) is 2.44. The van der Waals surface area contributed by atoms with Gasteiger partial charge in [-0.25, -0.2) is 4.79 Å². The van der Waals surface area contributed by atoms with E-state index in [9.17, 15) is 4.79 Å². The summed E-state index contributed by atoms with van der Waals surface area (Å²) in [5, 5.41) is 8.91. The molecule has 112 valence electrons. The van der Waals surface area contributed by atoms with Crippen LogP contribution in [0.3, 0.4) is 0 Å². The molecule has 0 saturated carbocycles. The van der Waals surface area contributed by atoms with Gasteiger partial charge in [0.1, 0.15) is 0 Å². The predicted octanol–water partition coefficient (Wildman–Crippen LogP) is 4.96. The first-order chi connectivity index (χ1) is 10.6. The summed E-state index contributed by atoms with van der Waals surface area (Å²) in [6, 6.07) is 16.4.